The standard InChI is InChI=1S/C26H30ClN3O2/c27-22-9-7-21(8-10-22)26(11-2-1-3-12-26)25(31)30-13-14-32-18-19(17-30)15-20-5-4-6-24-23(20)16-28-29-24/h4-10,16,19H,1-3,11-15,17-18H2,(H,28,29). The van der Waals surface area contributed by atoms with Gasteiger partial charge in [-0.2, -0.15) is 5.10 Å². The first-order chi connectivity index (χ1) is 15.7. The Kier molecular flexibility index (Phi) is 6.20. The van der Waals surface area contributed by atoms with Crippen LogP contribution < -0.4 is 0 Å². The molecule has 2 fully saturated rings. The molecule has 2 aromatic carbocycles. The predicted molar refractivity (Wildman–Crippen MR) is 127 cm³/mol. The van der Waals surface area contributed by atoms with Crippen LogP contribution in [0, 0.1) is 5.92 Å². The molecule has 5 nitrogen and oxygen atoms in total. The number of halogens is 1. The summed E-state index contributed by atoms with van der Waals surface area (Å²) in [5.74, 6) is 0.518. The second-order valence-corrected chi connectivity index (χ2v) is 9.73. The van der Waals surface area contributed by atoms with E-state index in [9.17, 15) is 4.79 Å². The van der Waals surface area contributed by atoms with Gasteiger partial charge in [-0.15, -0.1) is 0 Å². The van der Waals surface area contributed by atoms with Crippen molar-refractivity contribution in [3.05, 3.63) is 64.8 Å². The summed E-state index contributed by atoms with van der Waals surface area (Å²) in [5, 5.41) is 9.11. The molecule has 1 atom stereocenters. The zero-order valence-corrected chi connectivity index (χ0v) is 19.1. The van der Waals surface area contributed by atoms with Crippen molar-refractivity contribution in [2.45, 2.75) is 43.9 Å². The fraction of sp³-hybridized carbons (Fsp3) is 0.462. The van der Waals surface area contributed by atoms with Gasteiger partial charge in [0.1, 0.15) is 0 Å². The first kappa shape index (κ1) is 21.5. The number of carbonyl (C=O) groups is 1. The van der Waals surface area contributed by atoms with Gasteiger partial charge in [-0.25, -0.2) is 0 Å². The van der Waals surface area contributed by atoms with Gasteiger partial charge < -0.3 is 9.64 Å². The molecule has 0 spiro atoms. The number of hydrogen-bond donors (Lipinski definition) is 1. The van der Waals surface area contributed by atoms with Crippen molar-refractivity contribution >= 4 is 28.4 Å². The van der Waals surface area contributed by atoms with Crippen molar-refractivity contribution in [3.63, 3.8) is 0 Å². The molecule has 1 saturated carbocycles. The number of aromatic nitrogens is 2. The van der Waals surface area contributed by atoms with Crippen LogP contribution in [0.2, 0.25) is 5.02 Å². The highest BCUT2D eigenvalue weighted by Gasteiger charge is 2.44. The fourth-order valence-corrected chi connectivity index (χ4v) is 5.69. The van der Waals surface area contributed by atoms with Crippen LogP contribution in [-0.2, 0) is 21.4 Å². The number of carbonyl (C=O) groups excluding carboxylic acids is 1. The number of rotatable bonds is 4. The van der Waals surface area contributed by atoms with E-state index in [0.717, 1.165) is 55.1 Å². The number of benzene rings is 2. The summed E-state index contributed by atoms with van der Waals surface area (Å²) < 4.78 is 5.96. The van der Waals surface area contributed by atoms with Crippen molar-refractivity contribution in [3.8, 4) is 0 Å². The molecule has 2 heterocycles. The van der Waals surface area contributed by atoms with Gasteiger partial charge >= 0.3 is 0 Å². The summed E-state index contributed by atoms with van der Waals surface area (Å²) in [4.78, 5) is 16.2. The molecular formula is C26H30ClN3O2. The minimum Gasteiger partial charge on any atom is -0.379 e. The Balaban J connectivity index is 1.40. The minimum absolute atomic E-state index is 0.257. The van der Waals surface area contributed by atoms with E-state index >= 15 is 0 Å². The molecule has 1 unspecified atom stereocenters. The average molecular weight is 452 g/mol. The Morgan fingerprint density at radius 2 is 1.97 bits per heavy atom. The largest absolute Gasteiger partial charge is 0.379 e. The summed E-state index contributed by atoms with van der Waals surface area (Å²) in [6.45, 7) is 2.64. The summed E-state index contributed by atoms with van der Waals surface area (Å²) in [5.41, 5.74) is 2.97. The van der Waals surface area contributed by atoms with Gasteiger partial charge in [0.05, 0.1) is 30.3 Å². The number of ether oxygens (including phenoxy) is 1. The lowest BCUT2D eigenvalue weighted by molar-refractivity contribution is -0.139. The van der Waals surface area contributed by atoms with E-state index in [1.165, 1.54) is 12.0 Å². The normalized spacial score (nSPS) is 21.4. The summed E-state index contributed by atoms with van der Waals surface area (Å²) >= 11 is 6.16. The van der Waals surface area contributed by atoms with E-state index in [4.69, 9.17) is 16.3 Å². The number of aromatic amines is 1. The van der Waals surface area contributed by atoms with Crippen LogP contribution in [0.15, 0.2) is 48.7 Å². The van der Waals surface area contributed by atoms with Gasteiger partial charge in [0.25, 0.3) is 0 Å². The zero-order chi connectivity index (χ0) is 22.0. The van der Waals surface area contributed by atoms with Crippen LogP contribution in [0.5, 0.6) is 0 Å². The topological polar surface area (TPSA) is 58.2 Å². The molecule has 3 aromatic rings. The Morgan fingerprint density at radius 1 is 1.16 bits per heavy atom. The maximum atomic E-state index is 14.1. The van der Waals surface area contributed by atoms with E-state index in [-0.39, 0.29) is 11.8 Å². The van der Waals surface area contributed by atoms with Gasteiger partial charge in [-0.1, -0.05) is 55.1 Å². The molecule has 1 N–H and O–H groups in total. The van der Waals surface area contributed by atoms with Gasteiger partial charge in [0.2, 0.25) is 5.91 Å². The molecule has 168 valence electrons. The van der Waals surface area contributed by atoms with Gasteiger partial charge in [0.15, 0.2) is 0 Å². The van der Waals surface area contributed by atoms with Crippen molar-refractivity contribution in [2.75, 3.05) is 26.3 Å². The third-order valence-corrected chi connectivity index (χ3v) is 7.47. The summed E-state index contributed by atoms with van der Waals surface area (Å²) in [7, 11) is 0. The molecule has 1 amide bonds. The Labute approximate surface area is 194 Å². The first-order valence-corrected chi connectivity index (χ1v) is 12.1. The molecule has 1 saturated heterocycles. The lowest BCUT2D eigenvalue weighted by atomic mass is 9.68. The molecule has 0 bridgehead atoms. The molecule has 32 heavy (non-hydrogen) atoms. The van der Waals surface area contributed by atoms with Crippen LogP contribution in [0.25, 0.3) is 10.9 Å². The lowest BCUT2D eigenvalue weighted by Gasteiger charge is -2.40. The van der Waals surface area contributed by atoms with Gasteiger partial charge in [-0.05, 0) is 48.6 Å². The molecular weight excluding hydrogens is 422 g/mol. The number of hydrogen-bond acceptors (Lipinski definition) is 3. The number of nitrogens with one attached hydrogen (secondary N) is 1. The highest BCUT2D eigenvalue weighted by Crippen LogP contribution is 2.41. The SMILES string of the molecule is O=C(N1CCOCC(Cc2cccc3[nH]ncc23)C1)C1(c2ccc(Cl)cc2)CCCCC1. The van der Waals surface area contributed by atoms with Crippen LogP contribution in [0.1, 0.15) is 43.2 Å². The molecule has 1 aliphatic heterocycles. The Bertz CT molecular complexity index is 1070. The fourth-order valence-electron chi connectivity index (χ4n) is 5.56. The quantitative estimate of drug-likeness (QED) is 0.597. The van der Waals surface area contributed by atoms with Crippen molar-refractivity contribution in [2.24, 2.45) is 5.92 Å². The van der Waals surface area contributed by atoms with E-state index < -0.39 is 5.41 Å². The molecule has 5 rings (SSSR count). The van der Waals surface area contributed by atoms with Crippen molar-refractivity contribution in [1.29, 1.82) is 0 Å². The van der Waals surface area contributed by atoms with Crippen LogP contribution in [0.3, 0.4) is 0 Å². The monoisotopic (exact) mass is 451 g/mol. The third-order valence-electron chi connectivity index (χ3n) is 7.22. The average Bonchev–Trinajstić information content (AvgIpc) is 3.19. The number of amides is 1. The highest BCUT2D eigenvalue weighted by atomic mass is 35.5. The molecule has 1 aliphatic carbocycles. The maximum absolute atomic E-state index is 14.1. The lowest BCUT2D eigenvalue weighted by Crippen LogP contribution is -2.50. The van der Waals surface area contributed by atoms with Crippen molar-refractivity contribution < 1.29 is 9.53 Å². The summed E-state index contributed by atoms with van der Waals surface area (Å²) in [6.07, 6.45) is 7.95. The second kappa shape index (κ2) is 9.24. The van der Waals surface area contributed by atoms with Crippen LogP contribution in [0.4, 0.5) is 0 Å². The summed E-state index contributed by atoms with van der Waals surface area (Å²) in [6, 6.07) is 14.2. The number of nitrogens with zero attached hydrogens (tertiary/aromatic N) is 2. The smallest absolute Gasteiger partial charge is 0.233 e. The Morgan fingerprint density at radius 3 is 2.78 bits per heavy atom. The van der Waals surface area contributed by atoms with E-state index in [2.05, 4.69) is 39.4 Å². The van der Waals surface area contributed by atoms with Gasteiger partial charge in [0, 0.05) is 29.4 Å². The van der Waals surface area contributed by atoms with Gasteiger partial charge in [-0.3, -0.25) is 9.89 Å². The number of fused-ring (bicyclic) bond motifs is 1. The van der Waals surface area contributed by atoms with Crippen LogP contribution in [-0.4, -0.2) is 47.3 Å². The third kappa shape index (κ3) is 4.16. The maximum Gasteiger partial charge on any atom is 0.233 e. The molecule has 6 heteroatoms. The molecule has 1 aromatic heterocycles. The second-order valence-electron chi connectivity index (χ2n) is 9.29. The van der Waals surface area contributed by atoms with Crippen LogP contribution >= 0.6 is 11.6 Å². The predicted octanol–water partition coefficient (Wildman–Crippen LogP) is 5.14. The molecule has 0 radical (unpaired) electrons. The van der Waals surface area contributed by atoms with Crippen molar-refractivity contribution in [1.82, 2.24) is 15.1 Å². The number of H-pyrrole nitrogens is 1. The van der Waals surface area contributed by atoms with E-state index in [1.807, 2.05) is 24.4 Å². The molecule has 2 aliphatic rings. The first-order valence-electron chi connectivity index (χ1n) is 11.7. The highest BCUT2D eigenvalue weighted by molar-refractivity contribution is 6.30. The van der Waals surface area contributed by atoms with E-state index in [1.54, 1.807) is 0 Å². The minimum atomic E-state index is -0.442. The zero-order valence-electron chi connectivity index (χ0n) is 18.4. The Hall–Kier alpha value is -2.37. The van der Waals surface area contributed by atoms with E-state index in [0.29, 0.717) is 24.8 Å².